The molecule has 0 unspecified atom stereocenters. The van der Waals surface area contributed by atoms with Gasteiger partial charge in [-0.25, -0.2) is 0 Å². The SMILES string of the molecule is CCC1CCC(CN)(N(CC)S(=O)(=O)NCCOC)CC1. The second-order valence-electron chi connectivity index (χ2n) is 5.84. The molecular weight excluding hydrogens is 290 g/mol. The van der Waals surface area contributed by atoms with E-state index in [4.69, 9.17) is 10.5 Å². The van der Waals surface area contributed by atoms with Crippen molar-refractivity contribution in [3.8, 4) is 0 Å². The Morgan fingerprint density at radius 1 is 1.33 bits per heavy atom. The van der Waals surface area contributed by atoms with E-state index in [1.165, 1.54) is 0 Å². The standard InChI is InChI=1S/C14H31N3O3S/c1-4-13-6-8-14(12-15,9-7-13)17(5-2)21(18,19)16-10-11-20-3/h13,16H,4-12,15H2,1-3H3. The zero-order valence-corrected chi connectivity index (χ0v) is 14.4. The van der Waals surface area contributed by atoms with Crippen molar-refractivity contribution in [2.75, 3.05) is 33.4 Å². The largest absolute Gasteiger partial charge is 0.383 e. The summed E-state index contributed by atoms with van der Waals surface area (Å²) < 4.78 is 34.2. The summed E-state index contributed by atoms with van der Waals surface area (Å²) in [7, 11) is -1.96. The number of nitrogens with two attached hydrogens (primary N) is 1. The van der Waals surface area contributed by atoms with Crippen molar-refractivity contribution < 1.29 is 13.2 Å². The van der Waals surface area contributed by atoms with E-state index in [2.05, 4.69) is 11.6 Å². The molecule has 3 N–H and O–H groups in total. The molecule has 1 aliphatic carbocycles. The van der Waals surface area contributed by atoms with Crippen molar-refractivity contribution in [2.45, 2.75) is 51.5 Å². The molecule has 0 bridgehead atoms. The lowest BCUT2D eigenvalue weighted by molar-refractivity contribution is 0.112. The molecule has 126 valence electrons. The summed E-state index contributed by atoms with van der Waals surface area (Å²) in [5.41, 5.74) is 5.56. The van der Waals surface area contributed by atoms with Gasteiger partial charge in [-0.1, -0.05) is 20.3 Å². The molecule has 1 aliphatic rings. The van der Waals surface area contributed by atoms with E-state index in [1.807, 2.05) is 6.92 Å². The third-order valence-corrected chi connectivity index (χ3v) is 6.48. The van der Waals surface area contributed by atoms with Gasteiger partial charge in [0.05, 0.1) is 6.61 Å². The number of rotatable bonds is 9. The van der Waals surface area contributed by atoms with Gasteiger partial charge in [-0.15, -0.1) is 0 Å². The van der Waals surface area contributed by atoms with Crippen LogP contribution in [0.25, 0.3) is 0 Å². The molecule has 1 rings (SSSR count). The van der Waals surface area contributed by atoms with Gasteiger partial charge >= 0.3 is 0 Å². The van der Waals surface area contributed by atoms with Crippen molar-refractivity contribution in [1.29, 1.82) is 0 Å². The van der Waals surface area contributed by atoms with Gasteiger partial charge < -0.3 is 10.5 Å². The maximum Gasteiger partial charge on any atom is 0.280 e. The smallest absolute Gasteiger partial charge is 0.280 e. The minimum absolute atomic E-state index is 0.285. The molecule has 21 heavy (non-hydrogen) atoms. The van der Waals surface area contributed by atoms with Crippen molar-refractivity contribution >= 4 is 10.2 Å². The molecule has 0 spiro atoms. The minimum Gasteiger partial charge on any atom is -0.383 e. The first-order chi connectivity index (χ1) is 9.95. The fraction of sp³-hybridized carbons (Fsp3) is 1.00. The van der Waals surface area contributed by atoms with Gasteiger partial charge in [-0.2, -0.15) is 17.4 Å². The predicted octanol–water partition coefficient (Wildman–Crippen LogP) is 1.09. The van der Waals surface area contributed by atoms with Crippen LogP contribution in [0.4, 0.5) is 0 Å². The normalized spacial score (nSPS) is 27.2. The summed E-state index contributed by atoms with van der Waals surface area (Å²) >= 11 is 0. The van der Waals surface area contributed by atoms with Crippen LogP contribution in [-0.4, -0.2) is 51.6 Å². The van der Waals surface area contributed by atoms with E-state index >= 15 is 0 Å². The van der Waals surface area contributed by atoms with Crippen molar-refractivity contribution in [3.63, 3.8) is 0 Å². The number of hydrogen-bond donors (Lipinski definition) is 2. The Kier molecular flexibility index (Phi) is 7.56. The molecule has 0 heterocycles. The van der Waals surface area contributed by atoms with Gasteiger partial charge in [-0.3, -0.25) is 0 Å². The van der Waals surface area contributed by atoms with Gasteiger partial charge in [0, 0.05) is 32.3 Å². The molecule has 1 saturated carbocycles. The number of nitrogens with one attached hydrogen (secondary N) is 1. The first-order valence-electron chi connectivity index (χ1n) is 7.92. The average molecular weight is 321 g/mol. The number of methoxy groups -OCH3 is 1. The monoisotopic (exact) mass is 321 g/mol. The Bertz CT molecular complexity index is 392. The highest BCUT2D eigenvalue weighted by Crippen LogP contribution is 2.38. The van der Waals surface area contributed by atoms with E-state index in [1.54, 1.807) is 11.4 Å². The summed E-state index contributed by atoms with van der Waals surface area (Å²) in [5, 5.41) is 0. The lowest BCUT2D eigenvalue weighted by atomic mass is 9.75. The molecule has 7 heteroatoms. The van der Waals surface area contributed by atoms with Gasteiger partial charge in [0.2, 0.25) is 0 Å². The third-order valence-electron chi connectivity index (χ3n) is 4.69. The van der Waals surface area contributed by atoms with Gasteiger partial charge in [0.15, 0.2) is 0 Å². The predicted molar refractivity (Wildman–Crippen MR) is 85.2 cm³/mol. The van der Waals surface area contributed by atoms with Gasteiger partial charge in [0.25, 0.3) is 10.2 Å². The molecule has 0 aromatic heterocycles. The van der Waals surface area contributed by atoms with Crippen LogP contribution in [0.3, 0.4) is 0 Å². The molecule has 0 aromatic carbocycles. The first kappa shape index (κ1) is 18.8. The van der Waals surface area contributed by atoms with Crippen LogP contribution in [0, 0.1) is 5.92 Å². The molecule has 1 fully saturated rings. The Hall–Kier alpha value is -0.210. The highest BCUT2D eigenvalue weighted by atomic mass is 32.2. The summed E-state index contributed by atoms with van der Waals surface area (Å²) in [6.07, 6.45) is 4.96. The minimum atomic E-state index is -3.52. The summed E-state index contributed by atoms with van der Waals surface area (Å²) in [6, 6.07) is 0. The molecule has 0 radical (unpaired) electrons. The van der Waals surface area contributed by atoms with Crippen LogP contribution in [0.2, 0.25) is 0 Å². The summed E-state index contributed by atoms with van der Waals surface area (Å²) in [5.74, 6) is 0.701. The van der Waals surface area contributed by atoms with Crippen LogP contribution in [0.15, 0.2) is 0 Å². The van der Waals surface area contributed by atoms with Crippen LogP contribution < -0.4 is 10.5 Å². The quantitative estimate of drug-likeness (QED) is 0.623. The lowest BCUT2D eigenvalue weighted by Gasteiger charge is -2.46. The number of likely N-dealkylation sites (N-methyl/N-ethyl adjacent to an activating group) is 1. The van der Waals surface area contributed by atoms with E-state index in [9.17, 15) is 8.42 Å². The zero-order chi connectivity index (χ0) is 15.9. The van der Waals surface area contributed by atoms with Gasteiger partial charge in [0.1, 0.15) is 0 Å². The topological polar surface area (TPSA) is 84.7 Å². The molecule has 0 aromatic rings. The Morgan fingerprint density at radius 2 is 1.95 bits per heavy atom. The molecular formula is C14H31N3O3S. The van der Waals surface area contributed by atoms with Crippen LogP contribution >= 0.6 is 0 Å². The number of hydrogen-bond acceptors (Lipinski definition) is 4. The average Bonchev–Trinajstić information content (AvgIpc) is 2.48. The van der Waals surface area contributed by atoms with Crippen molar-refractivity contribution in [1.82, 2.24) is 9.03 Å². The fourth-order valence-electron chi connectivity index (χ4n) is 3.29. The number of nitrogens with zero attached hydrogens (tertiary/aromatic N) is 1. The van der Waals surface area contributed by atoms with E-state index < -0.39 is 15.7 Å². The molecule has 0 amide bonds. The fourth-order valence-corrected chi connectivity index (χ4v) is 4.89. The Labute approximate surface area is 129 Å². The first-order valence-corrected chi connectivity index (χ1v) is 9.36. The molecule has 0 saturated heterocycles. The summed E-state index contributed by atoms with van der Waals surface area (Å²) in [6.45, 7) is 5.54. The van der Waals surface area contributed by atoms with Gasteiger partial charge in [-0.05, 0) is 31.6 Å². The van der Waals surface area contributed by atoms with Crippen LogP contribution in [-0.2, 0) is 14.9 Å². The van der Waals surface area contributed by atoms with E-state index in [-0.39, 0.29) is 6.54 Å². The molecule has 6 nitrogen and oxygen atoms in total. The van der Waals surface area contributed by atoms with Crippen molar-refractivity contribution in [3.05, 3.63) is 0 Å². The van der Waals surface area contributed by atoms with E-state index in [0.29, 0.717) is 25.6 Å². The zero-order valence-electron chi connectivity index (χ0n) is 13.6. The molecule has 0 atom stereocenters. The van der Waals surface area contributed by atoms with Crippen LogP contribution in [0.1, 0.15) is 46.0 Å². The number of ether oxygens (including phenoxy) is 1. The maximum atomic E-state index is 12.6. The van der Waals surface area contributed by atoms with E-state index in [0.717, 1.165) is 32.1 Å². The lowest BCUT2D eigenvalue weighted by Crippen LogP contribution is -2.60. The summed E-state index contributed by atoms with van der Waals surface area (Å²) in [4.78, 5) is 0. The Balaban J connectivity index is 2.84. The van der Waals surface area contributed by atoms with Crippen molar-refractivity contribution in [2.24, 2.45) is 11.7 Å². The second-order valence-corrected chi connectivity index (χ2v) is 7.52. The Morgan fingerprint density at radius 3 is 2.38 bits per heavy atom. The second kappa shape index (κ2) is 8.43. The highest BCUT2D eigenvalue weighted by molar-refractivity contribution is 7.87. The van der Waals surface area contributed by atoms with Crippen LogP contribution in [0.5, 0.6) is 0 Å². The maximum absolute atomic E-state index is 12.6. The highest BCUT2D eigenvalue weighted by Gasteiger charge is 2.43. The molecule has 0 aliphatic heterocycles. The third kappa shape index (κ3) is 4.63.